The van der Waals surface area contributed by atoms with E-state index in [1.54, 1.807) is 6.92 Å². The molecule has 0 aliphatic heterocycles. The molecule has 0 aliphatic rings. The minimum atomic E-state index is -0.843. The van der Waals surface area contributed by atoms with E-state index < -0.39 is 11.7 Å². The fourth-order valence-electron chi connectivity index (χ4n) is 1.91. The van der Waals surface area contributed by atoms with Gasteiger partial charge in [-0.15, -0.1) is 0 Å². The number of aliphatic hydroxyl groups excluding tert-OH is 1. The molecule has 0 bridgehead atoms. The van der Waals surface area contributed by atoms with E-state index in [-0.39, 0.29) is 0 Å². The Morgan fingerprint density at radius 1 is 0.933 bits per heavy atom. The van der Waals surface area contributed by atoms with E-state index in [1.807, 2.05) is 0 Å². The molecule has 0 saturated heterocycles. The summed E-state index contributed by atoms with van der Waals surface area (Å²) in [7, 11) is 0. The van der Waals surface area contributed by atoms with E-state index in [0.29, 0.717) is 0 Å². The van der Waals surface area contributed by atoms with Gasteiger partial charge in [-0.2, -0.15) is 0 Å². The number of rotatable bonds is 9. The summed E-state index contributed by atoms with van der Waals surface area (Å²) < 4.78 is 0. The van der Waals surface area contributed by atoms with Crippen LogP contribution in [0.15, 0.2) is 0 Å². The van der Waals surface area contributed by atoms with Crippen molar-refractivity contribution >= 4 is 0 Å². The Hall–Kier alpha value is -0.0800. The molecule has 2 N–H and O–H groups in total. The topological polar surface area (TPSA) is 40.5 Å². The third-order valence-electron chi connectivity index (χ3n) is 3.20. The molecule has 0 aromatic rings. The van der Waals surface area contributed by atoms with Gasteiger partial charge in [0.1, 0.15) is 0 Å². The van der Waals surface area contributed by atoms with Crippen LogP contribution in [0.3, 0.4) is 0 Å². The minimum absolute atomic E-state index is 0.605. The molecule has 0 fully saturated rings. The predicted octanol–water partition coefficient (Wildman–Crippen LogP) is 3.26. The average Bonchev–Trinajstić information content (AvgIpc) is 2.18. The van der Waals surface area contributed by atoms with Crippen LogP contribution in [0.5, 0.6) is 0 Å². The SMILES string of the molecule is CCCCCC(O)(CCCCC)C(C)O. The minimum Gasteiger partial charge on any atom is -0.390 e. The lowest BCUT2D eigenvalue weighted by Gasteiger charge is -2.31. The van der Waals surface area contributed by atoms with Gasteiger partial charge >= 0.3 is 0 Å². The van der Waals surface area contributed by atoms with E-state index in [1.165, 1.54) is 0 Å². The molecule has 2 nitrogen and oxygen atoms in total. The van der Waals surface area contributed by atoms with E-state index >= 15 is 0 Å². The quantitative estimate of drug-likeness (QED) is 0.581. The molecule has 1 unspecified atom stereocenters. The molecule has 0 saturated carbocycles. The Labute approximate surface area is 94.7 Å². The van der Waals surface area contributed by atoms with Crippen molar-refractivity contribution in [2.24, 2.45) is 0 Å². The zero-order valence-corrected chi connectivity index (χ0v) is 10.6. The van der Waals surface area contributed by atoms with Gasteiger partial charge in [0.2, 0.25) is 0 Å². The van der Waals surface area contributed by atoms with Crippen molar-refractivity contribution in [3.63, 3.8) is 0 Å². The molecule has 0 amide bonds. The van der Waals surface area contributed by atoms with Gasteiger partial charge < -0.3 is 10.2 Å². The Bertz CT molecular complexity index is 133. The zero-order valence-electron chi connectivity index (χ0n) is 10.6. The van der Waals surface area contributed by atoms with Gasteiger partial charge in [-0.05, 0) is 19.8 Å². The van der Waals surface area contributed by atoms with Crippen LogP contribution in [0.25, 0.3) is 0 Å². The first-order chi connectivity index (χ1) is 7.06. The van der Waals surface area contributed by atoms with Crippen LogP contribution < -0.4 is 0 Å². The molecule has 0 heterocycles. The van der Waals surface area contributed by atoms with Gasteiger partial charge in [0.15, 0.2) is 0 Å². The Morgan fingerprint density at radius 2 is 1.33 bits per heavy atom. The molecule has 0 rings (SSSR count). The molecule has 0 spiro atoms. The Balaban J connectivity index is 3.95. The first kappa shape index (κ1) is 14.9. The van der Waals surface area contributed by atoms with Crippen molar-refractivity contribution in [3.8, 4) is 0 Å². The van der Waals surface area contributed by atoms with Crippen molar-refractivity contribution in [1.29, 1.82) is 0 Å². The molecule has 15 heavy (non-hydrogen) atoms. The number of aliphatic hydroxyl groups is 2. The maximum absolute atomic E-state index is 10.3. The molecule has 2 heteroatoms. The maximum Gasteiger partial charge on any atom is 0.0902 e. The monoisotopic (exact) mass is 216 g/mol. The maximum atomic E-state index is 10.3. The van der Waals surface area contributed by atoms with Crippen molar-refractivity contribution in [1.82, 2.24) is 0 Å². The van der Waals surface area contributed by atoms with E-state index in [4.69, 9.17) is 0 Å². The predicted molar refractivity (Wildman–Crippen MR) is 64.9 cm³/mol. The van der Waals surface area contributed by atoms with Gasteiger partial charge in [0, 0.05) is 0 Å². The highest BCUT2D eigenvalue weighted by atomic mass is 16.3. The molecular formula is C13H28O2. The van der Waals surface area contributed by atoms with Gasteiger partial charge in [-0.1, -0.05) is 52.4 Å². The third-order valence-corrected chi connectivity index (χ3v) is 3.20. The zero-order chi connectivity index (χ0) is 11.7. The van der Waals surface area contributed by atoms with Crippen molar-refractivity contribution in [3.05, 3.63) is 0 Å². The summed E-state index contributed by atoms with van der Waals surface area (Å²) in [4.78, 5) is 0. The summed E-state index contributed by atoms with van der Waals surface area (Å²) in [5.41, 5.74) is -0.843. The van der Waals surface area contributed by atoms with Gasteiger partial charge in [0.25, 0.3) is 0 Å². The third kappa shape index (κ3) is 6.16. The summed E-state index contributed by atoms with van der Waals surface area (Å²) in [6.07, 6.45) is 7.51. The lowest BCUT2D eigenvalue weighted by molar-refractivity contribution is -0.0797. The lowest BCUT2D eigenvalue weighted by Crippen LogP contribution is -2.40. The molecule has 0 aromatic heterocycles. The highest BCUT2D eigenvalue weighted by Crippen LogP contribution is 2.25. The van der Waals surface area contributed by atoms with Crippen LogP contribution in [0, 0.1) is 0 Å². The number of hydrogen-bond donors (Lipinski definition) is 2. The smallest absolute Gasteiger partial charge is 0.0902 e. The molecule has 1 atom stereocenters. The number of unbranched alkanes of at least 4 members (excludes halogenated alkanes) is 4. The second-order valence-corrected chi connectivity index (χ2v) is 4.69. The molecule has 0 aromatic carbocycles. The second kappa shape index (κ2) is 8.12. The molecule has 0 radical (unpaired) electrons. The summed E-state index contributed by atoms with van der Waals surface area (Å²) >= 11 is 0. The van der Waals surface area contributed by atoms with Gasteiger partial charge in [-0.3, -0.25) is 0 Å². The lowest BCUT2D eigenvalue weighted by atomic mass is 9.86. The standard InChI is InChI=1S/C13H28O2/c1-4-6-8-10-13(15,12(3)14)11-9-7-5-2/h12,14-15H,4-11H2,1-3H3. The van der Waals surface area contributed by atoms with E-state index in [2.05, 4.69) is 13.8 Å². The first-order valence-corrected chi connectivity index (χ1v) is 6.47. The normalized spacial score (nSPS) is 14.2. The number of hydrogen-bond acceptors (Lipinski definition) is 2. The summed E-state index contributed by atoms with van der Waals surface area (Å²) in [6.45, 7) is 6.01. The Morgan fingerprint density at radius 3 is 1.60 bits per heavy atom. The Kier molecular flexibility index (Phi) is 8.07. The summed E-state index contributed by atoms with van der Waals surface area (Å²) in [5, 5.41) is 19.9. The summed E-state index contributed by atoms with van der Waals surface area (Å²) in [6, 6.07) is 0. The fourth-order valence-corrected chi connectivity index (χ4v) is 1.91. The van der Waals surface area contributed by atoms with Crippen LogP contribution in [-0.4, -0.2) is 21.9 Å². The average molecular weight is 216 g/mol. The summed E-state index contributed by atoms with van der Waals surface area (Å²) in [5.74, 6) is 0. The van der Waals surface area contributed by atoms with Crippen molar-refractivity contribution < 1.29 is 10.2 Å². The van der Waals surface area contributed by atoms with Crippen LogP contribution in [0.2, 0.25) is 0 Å². The van der Waals surface area contributed by atoms with Crippen molar-refractivity contribution in [2.45, 2.75) is 83.8 Å². The highest BCUT2D eigenvalue weighted by molar-refractivity contribution is 4.83. The largest absolute Gasteiger partial charge is 0.390 e. The molecule has 0 aliphatic carbocycles. The highest BCUT2D eigenvalue weighted by Gasteiger charge is 2.31. The van der Waals surface area contributed by atoms with Crippen LogP contribution in [0.1, 0.15) is 72.1 Å². The van der Waals surface area contributed by atoms with E-state index in [0.717, 1.165) is 51.4 Å². The first-order valence-electron chi connectivity index (χ1n) is 6.47. The molecular weight excluding hydrogens is 188 g/mol. The second-order valence-electron chi connectivity index (χ2n) is 4.69. The van der Waals surface area contributed by atoms with Crippen LogP contribution in [0.4, 0.5) is 0 Å². The van der Waals surface area contributed by atoms with Crippen LogP contribution >= 0.6 is 0 Å². The van der Waals surface area contributed by atoms with Gasteiger partial charge in [0.05, 0.1) is 11.7 Å². The van der Waals surface area contributed by atoms with Gasteiger partial charge in [-0.25, -0.2) is 0 Å². The molecule has 92 valence electrons. The van der Waals surface area contributed by atoms with Crippen molar-refractivity contribution in [2.75, 3.05) is 0 Å². The van der Waals surface area contributed by atoms with E-state index in [9.17, 15) is 10.2 Å². The van der Waals surface area contributed by atoms with Crippen LogP contribution in [-0.2, 0) is 0 Å². The fraction of sp³-hybridized carbons (Fsp3) is 1.00.